The molecule has 2 unspecified atom stereocenters. The maximum Gasteiger partial charge on any atom is 0.108 e. The molecular formula is C13H15NO3. The second-order valence-corrected chi connectivity index (χ2v) is 3.98. The normalized spacial score (nSPS) is 14.8. The van der Waals surface area contributed by atoms with Crippen LogP contribution in [0.3, 0.4) is 0 Å². The minimum Gasteiger partial charge on any atom is -0.398 e. The first-order valence-electron chi connectivity index (χ1n) is 5.39. The number of nitrogens with two attached hydrogens (primary N) is 1. The summed E-state index contributed by atoms with van der Waals surface area (Å²) in [5.74, 6) is 0. The third kappa shape index (κ3) is 2.10. The molecule has 0 radical (unpaired) electrons. The average molecular weight is 233 g/mol. The highest BCUT2D eigenvalue weighted by molar-refractivity contribution is 5.95. The Balaban J connectivity index is 2.59. The number of hydrogen-bond donors (Lipinski definition) is 4. The summed E-state index contributed by atoms with van der Waals surface area (Å²) in [6.07, 6.45) is -2.31. The fourth-order valence-electron chi connectivity index (χ4n) is 1.91. The minimum absolute atomic E-state index is 0.486. The van der Waals surface area contributed by atoms with E-state index >= 15 is 0 Å². The predicted octanol–water partition coefficient (Wildman–Crippen LogP) is 0.809. The minimum atomic E-state index is -1.19. The molecule has 0 bridgehead atoms. The summed E-state index contributed by atoms with van der Waals surface area (Å²) in [4.78, 5) is 0. The molecule has 0 saturated carbocycles. The predicted molar refractivity (Wildman–Crippen MR) is 66.4 cm³/mol. The fraction of sp³-hybridized carbons (Fsp3) is 0.231. The highest BCUT2D eigenvalue weighted by atomic mass is 16.4. The lowest BCUT2D eigenvalue weighted by molar-refractivity contribution is -0.0145. The topological polar surface area (TPSA) is 86.7 Å². The molecule has 0 aliphatic rings. The lowest BCUT2D eigenvalue weighted by Crippen LogP contribution is -2.22. The average Bonchev–Trinajstić information content (AvgIpc) is 2.38. The van der Waals surface area contributed by atoms with Crippen LogP contribution in [0.15, 0.2) is 36.4 Å². The van der Waals surface area contributed by atoms with Gasteiger partial charge in [0.25, 0.3) is 0 Å². The molecule has 0 aromatic heterocycles. The Morgan fingerprint density at radius 1 is 1.00 bits per heavy atom. The first kappa shape index (κ1) is 11.9. The smallest absolute Gasteiger partial charge is 0.108 e. The first-order valence-corrected chi connectivity index (χ1v) is 5.39. The molecular weight excluding hydrogens is 218 g/mol. The number of aliphatic hydroxyl groups is 3. The van der Waals surface area contributed by atoms with Crippen LogP contribution >= 0.6 is 0 Å². The molecule has 0 heterocycles. The molecule has 0 spiro atoms. The zero-order valence-electron chi connectivity index (χ0n) is 9.24. The van der Waals surface area contributed by atoms with Gasteiger partial charge in [0.1, 0.15) is 12.2 Å². The molecule has 2 aromatic rings. The van der Waals surface area contributed by atoms with Crippen LogP contribution in [-0.2, 0) is 0 Å². The summed E-state index contributed by atoms with van der Waals surface area (Å²) in [5.41, 5.74) is 7.03. The van der Waals surface area contributed by atoms with E-state index in [0.29, 0.717) is 11.3 Å². The van der Waals surface area contributed by atoms with Crippen molar-refractivity contribution in [2.45, 2.75) is 12.2 Å². The molecule has 17 heavy (non-hydrogen) atoms. The molecule has 0 amide bonds. The van der Waals surface area contributed by atoms with Crippen LogP contribution in [0, 0.1) is 0 Å². The van der Waals surface area contributed by atoms with Gasteiger partial charge in [-0.1, -0.05) is 30.3 Å². The second-order valence-electron chi connectivity index (χ2n) is 3.98. The van der Waals surface area contributed by atoms with E-state index in [-0.39, 0.29) is 0 Å². The van der Waals surface area contributed by atoms with Crippen molar-refractivity contribution in [3.8, 4) is 0 Å². The molecule has 0 fully saturated rings. The summed E-state index contributed by atoms with van der Waals surface area (Å²) in [5, 5.41) is 29.9. The van der Waals surface area contributed by atoms with Gasteiger partial charge in [-0.2, -0.15) is 0 Å². The third-order valence-electron chi connectivity index (χ3n) is 2.86. The Hall–Kier alpha value is -1.62. The van der Waals surface area contributed by atoms with Crippen LogP contribution in [0.4, 0.5) is 5.69 Å². The zero-order chi connectivity index (χ0) is 12.4. The van der Waals surface area contributed by atoms with Crippen LogP contribution in [0.1, 0.15) is 11.7 Å². The highest BCUT2D eigenvalue weighted by Gasteiger charge is 2.19. The maximum absolute atomic E-state index is 9.93. The van der Waals surface area contributed by atoms with Crippen molar-refractivity contribution < 1.29 is 15.3 Å². The van der Waals surface area contributed by atoms with Crippen molar-refractivity contribution in [2.24, 2.45) is 0 Å². The molecule has 5 N–H and O–H groups in total. The van der Waals surface area contributed by atoms with Crippen LogP contribution < -0.4 is 5.73 Å². The number of benzene rings is 2. The van der Waals surface area contributed by atoms with E-state index < -0.39 is 18.8 Å². The van der Waals surface area contributed by atoms with Crippen molar-refractivity contribution in [1.82, 2.24) is 0 Å². The largest absolute Gasteiger partial charge is 0.398 e. The van der Waals surface area contributed by atoms with Crippen molar-refractivity contribution >= 4 is 16.5 Å². The van der Waals surface area contributed by atoms with Crippen LogP contribution in [0.2, 0.25) is 0 Å². The van der Waals surface area contributed by atoms with E-state index in [0.717, 1.165) is 10.8 Å². The van der Waals surface area contributed by atoms with Crippen molar-refractivity contribution in [3.05, 3.63) is 42.0 Å². The quantitative estimate of drug-likeness (QED) is 0.591. The van der Waals surface area contributed by atoms with Gasteiger partial charge in [0.15, 0.2) is 0 Å². The molecule has 4 nitrogen and oxygen atoms in total. The maximum atomic E-state index is 9.93. The SMILES string of the molecule is Nc1ccc(C(O)C(O)CO)c2ccccc12. The van der Waals surface area contributed by atoms with Crippen LogP contribution in [-0.4, -0.2) is 28.0 Å². The lowest BCUT2D eigenvalue weighted by atomic mass is 9.96. The van der Waals surface area contributed by atoms with E-state index in [1.54, 1.807) is 12.1 Å². The summed E-state index contributed by atoms with van der Waals surface area (Å²) < 4.78 is 0. The summed E-state index contributed by atoms with van der Waals surface area (Å²) >= 11 is 0. The fourth-order valence-corrected chi connectivity index (χ4v) is 1.91. The van der Waals surface area contributed by atoms with Gasteiger partial charge in [0.05, 0.1) is 6.61 Å². The van der Waals surface area contributed by atoms with E-state index in [9.17, 15) is 10.2 Å². The monoisotopic (exact) mass is 233 g/mol. The number of fused-ring (bicyclic) bond motifs is 1. The second kappa shape index (κ2) is 4.71. The number of hydrogen-bond acceptors (Lipinski definition) is 4. The van der Waals surface area contributed by atoms with Crippen LogP contribution in [0.5, 0.6) is 0 Å². The van der Waals surface area contributed by atoms with Gasteiger partial charge < -0.3 is 21.1 Å². The molecule has 0 saturated heterocycles. The Morgan fingerprint density at radius 2 is 1.65 bits per heavy atom. The molecule has 4 heteroatoms. The first-order chi connectivity index (χ1) is 8.15. The Labute approximate surface area is 98.9 Å². The molecule has 2 rings (SSSR count). The van der Waals surface area contributed by atoms with Gasteiger partial charge >= 0.3 is 0 Å². The van der Waals surface area contributed by atoms with Gasteiger partial charge in [-0.3, -0.25) is 0 Å². The van der Waals surface area contributed by atoms with E-state index in [1.807, 2.05) is 24.3 Å². The molecule has 90 valence electrons. The van der Waals surface area contributed by atoms with Gasteiger partial charge in [-0.25, -0.2) is 0 Å². The standard InChI is InChI=1S/C13H15NO3/c14-11-6-5-10(13(17)12(16)7-15)8-3-1-2-4-9(8)11/h1-6,12-13,15-17H,7,14H2. The van der Waals surface area contributed by atoms with Crippen molar-refractivity contribution in [3.63, 3.8) is 0 Å². The zero-order valence-corrected chi connectivity index (χ0v) is 9.24. The van der Waals surface area contributed by atoms with E-state index in [2.05, 4.69) is 0 Å². The molecule has 2 atom stereocenters. The summed E-state index contributed by atoms with van der Waals surface area (Å²) in [7, 11) is 0. The number of aliphatic hydroxyl groups excluding tert-OH is 3. The van der Waals surface area contributed by atoms with Gasteiger partial charge in [-0.15, -0.1) is 0 Å². The van der Waals surface area contributed by atoms with Gasteiger partial charge in [0.2, 0.25) is 0 Å². The van der Waals surface area contributed by atoms with Crippen molar-refractivity contribution in [1.29, 1.82) is 0 Å². The highest BCUT2D eigenvalue weighted by Crippen LogP contribution is 2.29. The summed E-state index contributed by atoms with van der Waals surface area (Å²) in [6.45, 7) is -0.486. The van der Waals surface area contributed by atoms with Gasteiger partial charge in [0, 0.05) is 11.1 Å². The molecule has 0 aliphatic carbocycles. The Bertz CT molecular complexity index is 527. The number of nitrogen functional groups attached to an aromatic ring is 1. The van der Waals surface area contributed by atoms with Crippen molar-refractivity contribution in [2.75, 3.05) is 12.3 Å². The van der Waals surface area contributed by atoms with Crippen LogP contribution in [0.25, 0.3) is 10.8 Å². The number of anilines is 1. The summed E-state index contributed by atoms with van der Waals surface area (Å²) in [6, 6.07) is 10.7. The number of rotatable bonds is 3. The van der Waals surface area contributed by atoms with E-state index in [4.69, 9.17) is 10.8 Å². The third-order valence-corrected chi connectivity index (χ3v) is 2.86. The lowest BCUT2D eigenvalue weighted by Gasteiger charge is -2.18. The van der Waals surface area contributed by atoms with Gasteiger partial charge in [-0.05, 0) is 17.0 Å². The Kier molecular flexibility index (Phi) is 3.28. The van der Waals surface area contributed by atoms with E-state index in [1.165, 1.54) is 0 Å². The Morgan fingerprint density at radius 3 is 2.29 bits per heavy atom. The molecule has 2 aromatic carbocycles. The molecule has 0 aliphatic heterocycles.